The SMILES string of the molecule is CC(C)(O)C(C)(C)O.Cc1ccc(-c2cccc3ccccc23)nc1. The summed E-state index contributed by atoms with van der Waals surface area (Å²) in [6.45, 7) is 8.36. The lowest BCUT2D eigenvalue weighted by molar-refractivity contribution is -0.107. The molecule has 1 aromatic heterocycles. The molecule has 3 aromatic rings. The van der Waals surface area contributed by atoms with Crippen molar-refractivity contribution in [2.24, 2.45) is 0 Å². The van der Waals surface area contributed by atoms with E-state index < -0.39 is 11.2 Å². The van der Waals surface area contributed by atoms with Gasteiger partial charge in [0.2, 0.25) is 0 Å². The van der Waals surface area contributed by atoms with E-state index in [9.17, 15) is 0 Å². The molecule has 1 heterocycles. The van der Waals surface area contributed by atoms with Crippen molar-refractivity contribution in [3.05, 3.63) is 66.4 Å². The van der Waals surface area contributed by atoms with Crippen LogP contribution in [0.5, 0.6) is 0 Å². The fraction of sp³-hybridized carbons (Fsp3) is 0.318. The summed E-state index contributed by atoms with van der Waals surface area (Å²) in [4.78, 5) is 4.50. The van der Waals surface area contributed by atoms with Gasteiger partial charge in [-0.3, -0.25) is 4.98 Å². The summed E-state index contributed by atoms with van der Waals surface area (Å²) >= 11 is 0. The zero-order valence-electron chi connectivity index (χ0n) is 15.6. The Morgan fingerprint density at radius 3 is 1.92 bits per heavy atom. The minimum Gasteiger partial charge on any atom is -0.387 e. The van der Waals surface area contributed by atoms with E-state index in [2.05, 4.69) is 66.5 Å². The molecule has 132 valence electrons. The molecular formula is C22H27NO2. The normalized spacial score (nSPS) is 11.8. The zero-order valence-corrected chi connectivity index (χ0v) is 15.6. The van der Waals surface area contributed by atoms with Crippen LogP contribution in [0.15, 0.2) is 60.8 Å². The molecule has 0 aliphatic carbocycles. The molecule has 0 radical (unpaired) electrons. The molecule has 0 bridgehead atoms. The Morgan fingerprint density at radius 2 is 1.36 bits per heavy atom. The summed E-state index contributed by atoms with van der Waals surface area (Å²) in [7, 11) is 0. The van der Waals surface area contributed by atoms with Gasteiger partial charge >= 0.3 is 0 Å². The summed E-state index contributed by atoms with van der Waals surface area (Å²) in [5.41, 5.74) is 1.41. The van der Waals surface area contributed by atoms with Gasteiger partial charge in [-0.25, -0.2) is 0 Å². The molecule has 3 nitrogen and oxygen atoms in total. The Bertz CT molecular complexity index is 808. The fourth-order valence-electron chi connectivity index (χ4n) is 2.08. The average molecular weight is 337 g/mol. The maximum Gasteiger partial charge on any atom is 0.0872 e. The number of benzene rings is 2. The Labute approximate surface area is 150 Å². The highest BCUT2D eigenvalue weighted by Crippen LogP contribution is 2.26. The van der Waals surface area contributed by atoms with Gasteiger partial charge in [0.1, 0.15) is 0 Å². The van der Waals surface area contributed by atoms with Crippen molar-refractivity contribution in [3.8, 4) is 11.3 Å². The molecule has 3 heteroatoms. The van der Waals surface area contributed by atoms with Gasteiger partial charge in [0, 0.05) is 11.8 Å². The van der Waals surface area contributed by atoms with Gasteiger partial charge in [-0.2, -0.15) is 0 Å². The van der Waals surface area contributed by atoms with Crippen molar-refractivity contribution in [1.29, 1.82) is 0 Å². The first-order valence-corrected chi connectivity index (χ1v) is 8.45. The lowest BCUT2D eigenvalue weighted by atomic mass is 9.90. The lowest BCUT2D eigenvalue weighted by Gasteiger charge is -2.31. The Hall–Kier alpha value is -2.23. The van der Waals surface area contributed by atoms with Gasteiger partial charge in [0.05, 0.1) is 16.9 Å². The molecular weight excluding hydrogens is 310 g/mol. The van der Waals surface area contributed by atoms with Gasteiger partial charge in [-0.1, -0.05) is 48.5 Å². The predicted octanol–water partition coefficient (Wildman–Crippen LogP) is 4.74. The predicted molar refractivity (Wildman–Crippen MR) is 105 cm³/mol. The standard InChI is InChI=1S/C16H13N.C6H14O2/c1-12-9-10-16(17-11-12)15-8-4-6-13-5-2-3-7-14(13)15;1-5(2,7)6(3,4)8/h2-11H,1H3;7-8H,1-4H3. The van der Waals surface area contributed by atoms with Crippen molar-refractivity contribution >= 4 is 10.8 Å². The third-order valence-electron chi connectivity index (χ3n) is 4.47. The van der Waals surface area contributed by atoms with Crippen molar-refractivity contribution in [1.82, 2.24) is 4.98 Å². The van der Waals surface area contributed by atoms with Crippen LogP contribution < -0.4 is 0 Å². The van der Waals surface area contributed by atoms with E-state index in [-0.39, 0.29) is 0 Å². The summed E-state index contributed by atoms with van der Waals surface area (Å²) in [5, 5.41) is 20.7. The average Bonchev–Trinajstić information content (AvgIpc) is 2.54. The largest absolute Gasteiger partial charge is 0.387 e. The van der Waals surface area contributed by atoms with Crippen molar-refractivity contribution in [3.63, 3.8) is 0 Å². The number of hydrogen-bond donors (Lipinski definition) is 2. The number of aliphatic hydroxyl groups is 2. The Balaban J connectivity index is 0.000000242. The second-order valence-electron chi connectivity index (χ2n) is 7.37. The molecule has 0 unspecified atom stereocenters. The maximum absolute atomic E-state index is 9.10. The first-order valence-electron chi connectivity index (χ1n) is 8.45. The Morgan fingerprint density at radius 1 is 0.760 bits per heavy atom. The summed E-state index contributed by atoms with van der Waals surface area (Å²) in [5.74, 6) is 0. The van der Waals surface area contributed by atoms with Crippen LogP contribution in [-0.4, -0.2) is 26.4 Å². The molecule has 0 spiro atoms. The molecule has 0 saturated heterocycles. The molecule has 0 atom stereocenters. The van der Waals surface area contributed by atoms with E-state index in [4.69, 9.17) is 10.2 Å². The van der Waals surface area contributed by atoms with E-state index in [1.54, 1.807) is 27.7 Å². The van der Waals surface area contributed by atoms with Gasteiger partial charge < -0.3 is 10.2 Å². The zero-order chi connectivity index (χ0) is 18.7. The molecule has 0 saturated carbocycles. The Kier molecular flexibility index (Phi) is 5.61. The highest BCUT2D eigenvalue weighted by molar-refractivity contribution is 5.95. The second kappa shape index (κ2) is 7.34. The molecule has 0 amide bonds. The highest BCUT2D eigenvalue weighted by atomic mass is 16.3. The van der Waals surface area contributed by atoms with Crippen molar-refractivity contribution in [2.75, 3.05) is 0 Å². The van der Waals surface area contributed by atoms with Crippen molar-refractivity contribution in [2.45, 2.75) is 45.8 Å². The minimum absolute atomic E-state index is 1.01. The van der Waals surface area contributed by atoms with Crippen LogP contribution in [0.2, 0.25) is 0 Å². The van der Waals surface area contributed by atoms with Gasteiger partial charge in [0.25, 0.3) is 0 Å². The van der Waals surface area contributed by atoms with E-state index in [0.29, 0.717) is 0 Å². The first kappa shape index (κ1) is 19.1. The number of hydrogen-bond acceptors (Lipinski definition) is 3. The smallest absolute Gasteiger partial charge is 0.0872 e. The molecule has 25 heavy (non-hydrogen) atoms. The van der Waals surface area contributed by atoms with Crippen LogP contribution in [0, 0.1) is 6.92 Å². The minimum atomic E-state index is -1.01. The topological polar surface area (TPSA) is 53.4 Å². The van der Waals surface area contributed by atoms with Crippen LogP contribution in [0.4, 0.5) is 0 Å². The number of pyridine rings is 1. The number of fused-ring (bicyclic) bond motifs is 1. The molecule has 0 aliphatic heterocycles. The van der Waals surface area contributed by atoms with E-state index in [0.717, 1.165) is 5.69 Å². The van der Waals surface area contributed by atoms with Gasteiger partial charge in [-0.15, -0.1) is 0 Å². The van der Waals surface area contributed by atoms with Crippen molar-refractivity contribution < 1.29 is 10.2 Å². The van der Waals surface area contributed by atoms with Gasteiger partial charge in [0.15, 0.2) is 0 Å². The maximum atomic E-state index is 9.10. The fourth-order valence-corrected chi connectivity index (χ4v) is 2.08. The molecule has 2 aromatic carbocycles. The summed E-state index contributed by atoms with van der Waals surface area (Å²) < 4.78 is 0. The van der Waals surface area contributed by atoms with Gasteiger partial charge in [-0.05, 0) is 57.0 Å². The van der Waals surface area contributed by atoms with Crippen LogP contribution in [-0.2, 0) is 0 Å². The number of rotatable bonds is 2. The quantitative estimate of drug-likeness (QED) is 0.710. The summed E-state index contributed by atoms with van der Waals surface area (Å²) in [6, 6.07) is 18.9. The monoisotopic (exact) mass is 337 g/mol. The molecule has 0 aliphatic rings. The third kappa shape index (κ3) is 4.88. The van der Waals surface area contributed by atoms with E-state index in [1.165, 1.54) is 21.9 Å². The van der Waals surface area contributed by atoms with Crippen LogP contribution in [0.1, 0.15) is 33.3 Å². The van der Waals surface area contributed by atoms with E-state index >= 15 is 0 Å². The van der Waals surface area contributed by atoms with Crippen LogP contribution >= 0.6 is 0 Å². The van der Waals surface area contributed by atoms with Crippen LogP contribution in [0.3, 0.4) is 0 Å². The molecule has 0 fully saturated rings. The van der Waals surface area contributed by atoms with E-state index in [1.807, 2.05) is 6.20 Å². The lowest BCUT2D eigenvalue weighted by Crippen LogP contribution is -2.44. The number of nitrogens with zero attached hydrogens (tertiary/aromatic N) is 1. The van der Waals surface area contributed by atoms with Crippen LogP contribution in [0.25, 0.3) is 22.0 Å². The highest BCUT2D eigenvalue weighted by Gasteiger charge is 2.31. The second-order valence-corrected chi connectivity index (χ2v) is 7.37. The summed E-state index contributed by atoms with van der Waals surface area (Å²) in [6.07, 6.45) is 1.91. The molecule has 3 rings (SSSR count). The number of aromatic nitrogens is 1. The first-order chi connectivity index (χ1) is 11.6. The molecule has 2 N–H and O–H groups in total. The third-order valence-corrected chi connectivity index (χ3v) is 4.47. The number of aryl methyl sites for hydroxylation is 1.